The van der Waals surface area contributed by atoms with Crippen LogP contribution in [0, 0.1) is 17.8 Å². The average molecular weight is 328 g/mol. The maximum absolute atomic E-state index is 6.30. The van der Waals surface area contributed by atoms with Crippen LogP contribution in [0.5, 0.6) is 0 Å². The van der Waals surface area contributed by atoms with Gasteiger partial charge in [-0.15, -0.1) is 0 Å². The van der Waals surface area contributed by atoms with Crippen molar-refractivity contribution in [3.8, 4) is 0 Å². The number of rotatable bonds is 13. The molecule has 0 aromatic carbocycles. The Kier molecular flexibility index (Phi) is 6.72. The first kappa shape index (κ1) is 17.6. The van der Waals surface area contributed by atoms with Crippen LogP contribution >= 0.6 is 0 Å². The van der Waals surface area contributed by atoms with Crippen LogP contribution in [0.4, 0.5) is 0 Å². The lowest BCUT2D eigenvalue weighted by molar-refractivity contribution is -0.0888. The van der Waals surface area contributed by atoms with Crippen LogP contribution in [0.2, 0.25) is 0 Å². The molecular weight excluding hydrogens is 296 g/mol. The summed E-state index contributed by atoms with van der Waals surface area (Å²) in [6.45, 7) is 5.13. The van der Waals surface area contributed by atoms with Crippen molar-refractivity contribution in [2.45, 2.75) is 37.7 Å². The molecule has 2 atom stereocenters. The first-order valence-electron chi connectivity index (χ1n) is 9.18. The van der Waals surface area contributed by atoms with Gasteiger partial charge < -0.3 is 23.7 Å². The summed E-state index contributed by atoms with van der Waals surface area (Å²) in [5, 5.41) is 0. The highest BCUT2D eigenvalue weighted by molar-refractivity contribution is 5.09. The second-order valence-corrected chi connectivity index (χ2v) is 7.29. The standard InChI is InChI=1S/C18H32O5/c1-19-2-3-20-4-5-21-6-7-22-8-9-23-18-13-15-10-16(14-18)12-17(18)11-15/h15-17H,2-14H2,1H3. The fraction of sp³-hybridized carbons (Fsp3) is 1.00. The third-order valence-corrected chi connectivity index (χ3v) is 5.71. The Morgan fingerprint density at radius 2 is 1.22 bits per heavy atom. The van der Waals surface area contributed by atoms with Gasteiger partial charge in [-0.25, -0.2) is 0 Å². The van der Waals surface area contributed by atoms with Gasteiger partial charge in [-0.3, -0.25) is 0 Å². The second-order valence-electron chi connectivity index (χ2n) is 7.29. The Morgan fingerprint density at radius 1 is 0.696 bits per heavy atom. The van der Waals surface area contributed by atoms with E-state index in [2.05, 4.69) is 0 Å². The molecule has 5 heteroatoms. The first-order chi connectivity index (χ1) is 11.3. The highest BCUT2D eigenvalue weighted by Gasteiger charge is 2.58. The summed E-state index contributed by atoms with van der Waals surface area (Å²) in [7, 11) is 1.67. The van der Waals surface area contributed by atoms with Gasteiger partial charge in [0.05, 0.1) is 58.5 Å². The summed E-state index contributed by atoms with van der Waals surface area (Å²) in [6, 6.07) is 0. The van der Waals surface area contributed by atoms with Crippen LogP contribution in [0.1, 0.15) is 32.1 Å². The van der Waals surface area contributed by atoms with Gasteiger partial charge in [-0.05, 0) is 49.9 Å². The molecule has 0 aliphatic heterocycles. The first-order valence-corrected chi connectivity index (χ1v) is 9.18. The summed E-state index contributed by atoms with van der Waals surface area (Å²) < 4.78 is 27.6. The van der Waals surface area contributed by atoms with E-state index in [1.54, 1.807) is 7.11 Å². The SMILES string of the molecule is COCCOCCOCCOCCOC12CC3CC(CC1C3)C2. The predicted molar refractivity (Wildman–Crippen MR) is 86.6 cm³/mol. The van der Waals surface area contributed by atoms with E-state index >= 15 is 0 Å². The van der Waals surface area contributed by atoms with E-state index in [0.29, 0.717) is 46.2 Å². The zero-order valence-corrected chi connectivity index (χ0v) is 14.5. The van der Waals surface area contributed by atoms with Gasteiger partial charge in [0, 0.05) is 7.11 Å². The lowest BCUT2D eigenvalue weighted by atomic mass is 9.81. The van der Waals surface area contributed by atoms with Gasteiger partial charge in [0.25, 0.3) is 0 Å². The minimum Gasteiger partial charge on any atom is -0.382 e. The maximum Gasteiger partial charge on any atom is 0.0717 e. The molecule has 0 radical (unpaired) electrons. The van der Waals surface area contributed by atoms with Gasteiger partial charge in [-0.2, -0.15) is 0 Å². The summed E-state index contributed by atoms with van der Waals surface area (Å²) in [5.41, 5.74) is 0.229. The second kappa shape index (κ2) is 8.77. The van der Waals surface area contributed by atoms with E-state index in [0.717, 1.165) is 24.4 Å². The maximum atomic E-state index is 6.30. The van der Waals surface area contributed by atoms with Crippen molar-refractivity contribution in [2.24, 2.45) is 17.8 Å². The highest BCUT2D eigenvalue weighted by atomic mass is 16.6. The molecule has 4 bridgehead atoms. The minimum absolute atomic E-state index is 0.229. The van der Waals surface area contributed by atoms with Crippen LogP contribution in [-0.4, -0.2) is 65.6 Å². The van der Waals surface area contributed by atoms with Crippen molar-refractivity contribution in [1.29, 1.82) is 0 Å². The van der Waals surface area contributed by atoms with Crippen LogP contribution in [0.25, 0.3) is 0 Å². The van der Waals surface area contributed by atoms with Gasteiger partial charge in [0.15, 0.2) is 0 Å². The summed E-state index contributed by atoms with van der Waals surface area (Å²) in [4.78, 5) is 0. The van der Waals surface area contributed by atoms with Crippen molar-refractivity contribution in [2.75, 3.05) is 60.0 Å². The Labute approximate surface area is 139 Å². The molecule has 4 aliphatic rings. The zero-order chi connectivity index (χ0) is 16.0. The Balaban J connectivity index is 1.14. The number of methoxy groups -OCH3 is 1. The van der Waals surface area contributed by atoms with E-state index in [4.69, 9.17) is 23.7 Å². The van der Waals surface area contributed by atoms with E-state index in [9.17, 15) is 0 Å². The van der Waals surface area contributed by atoms with Gasteiger partial charge in [0.1, 0.15) is 0 Å². The lowest BCUT2D eigenvalue weighted by Gasteiger charge is -2.33. The number of hydrogen-bond donors (Lipinski definition) is 0. The molecule has 0 aromatic heterocycles. The number of ether oxygens (including phenoxy) is 5. The molecule has 4 fully saturated rings. The Morgan fingerprint density at radius 3 is 1.78 bits per heavy atom. The molecule has 2 unspecified atom stereocenters. The Bertz CT molecular complexity index is 334. The van der Waals surface area contributed by atoms with Gasteiger partial charge in [-0.1, -0.05) is 0 Å². The normalized spacial score (nSPS) is 34.6. The molecule has 0 spiro atoms. The average Bonchev–Trinajstić information content (AvgIpc) is 2.93. The highest BCUT2D eigenvalue weighted by Crippen LogP contribution is 2.61. The van der Waals surface area contributed by atoms with Crippen molar-refractivity contribution in [3.05, 3.63) is 0 Å². The lowest BCUT2D eigenvalue weighted by Crippen LogP contribution is -2.35. The summed E-state index contributed by atoms with van der Waals surface area (Å²) in [5.74, 6) is 2.74. The van der Waals surface area contributed by atoms with Crippen molar-refractivity contribution in [1.82, 2.24) is 0 Å². The van der Waals surface area contributed by atoms with Crippen molar-refractivity contribution >= 4 is 0 Å². The number of hydrogen-bond acceptors (Lipinski definition) is 5. The molecule has 4 saturated carbocycles. The third-order valence-electron chi connectivity index (χ3n) is 5.71. The molecule has 4 rings (SSSR count). The Hall–Kier alpha value is -0.200. The van der Waals surface area contributed by atoms with Crippen LogP contribution in [-0.2, 0) is 23.7 Å². The molecular formula is C18H32O5. The quantitative estimate of drug-likeness (QED) is 0.485. The zero-order valence-electron chi connectivity index (χ0n) is 14.5. The van der Waals surface area contributed by atoms with Crippen molar-refractivity contribution < 1.29 is 23.7 Å². The van der Waals surface area contributed by atoms with Gasteiger partial charge in [0.2, 0.25) is 0 Å². The molecule has 5 nitrogen and oxygen atoms in total. The minimum atomic E-state index is 0.229. The van der Waals surface area contributed by atoms with Crippen LogP contribution < -0.4 is 0 Å². The molecule has 0 N–H and O–H groups in total. The third kappa shape index (κ3) is 4.67. The molecule has 0 aromatic rings. The molecule has 0 saturated heterocycles. The monoisotopic (exact) mass is 328 g/mol. The molecule has 23 heavy (non-hydrogen) atoms. The molecule has 4 aliphatic carbocycles. The summed E-state index contributed by atoms with van der Waals surface area (Å²) >= 11 is 0. The molecule has 0 heterocycles. The van der Waals surface area contributed by atoms with E-state index in [1.165, 1.54) is 32.1 Å². The van der Waals surface area contributed by atoms with Crippen molar-refractivity contribution in [3.63, 3.8) is 0 Å². The van der Waals surface area contributed by atoms with Crippen LogP contribution in [0.15, 0.2) is 0 Å². The fourth-order valence-corrected chi connectivity index (χ4v) is 4.95. The predicted octanol–water partition coefficient (Wildman–Crippen LogP) is 2.28. The summed E-state index contributed by atoms with van der Waals surface area (Å²) in [6.07, 6.45) is 6.90. The van der Waals surface area contributed by atoms with E-state index < -0.39 is 0 Å². The molecule has 134 valence electrons. The largest absolute Gasteiger partial charge is 0.382 e. The van der Waals surface area contributed by atoms with E-state index in [1.807, 2.05) is 0 Å². The van der Waals surface area contributed by atoms with E-state index in [-0.39, 0.29) is 5.60 Å². The fourth-order valence-electron chi connectivity index (χ4n) is 4.95. The molecule has 0 amide bonds. The van der Waals surface area contributed by atoms with Crippen LogP contribution in [0.3, 0.4) is 0 Å². The smallest absolute Gasteiger partial charge is 0.0717 e. The topological polar surface area (TPSA) is 46.2 Å². The van der Waals surface area contributed by atoms with Gasteiger partial charge >= 0.3 is 0 Å².